The second-order valence-corrected chi connectivity index (χ2v) is 19.8. The molecule has 4 aromatic rings. The number of rotatable bonds is 19. The van der Waals surface area contributed by atoms with Crippen LogP contribution in [0.15, 0.2) is 130 Å². The van der Waals surface area contributed by atoms with Crippen molar-refractivity contribution in [2.75, 3.05) is 36.2 Å². The number of carbonyl (C=O) groups is 1. The van der Waals surface area contributed by atoms with Crippen LogP contribution in [0.1, 0.15) is 10.4 Å². The minimum absolute atomic E-state index is 0.00282. The molecule has 0 bridgehead atoms. The van der Waals surface area contributed by atoms with Gasteiger partial charge in [-0.05, 0) is 60.7 Å². The van der Waals surface area contributed by atoms with Crippen LogP contribution < -0.4 is 11.5 Å². The van der Waals surface area contributed by atoms with Gasteiger partial charge in [0.2, 0.25) is 0 Å². The van der Waals surface area contributed by atoms with Crippen molar-refractivity contribution in [2.24, 2.45) is 30.7 Å². The SMILES string of the molecule is C=CS(=O)(=O)c1ccc(N=Nc2c(N)c(N=Nc3cccc(S(=O)(=O)CCOS(=O)(=O)O)c3)c(N)c(N=Nc3cccc(S(=O)(=O)CCOS(=O)(=O)O)c3)c2C(=O)O)cc1. The summed E-state index contributed by atoms with van der Waals surface area (Å²) in [5, 5.41) is 34.7. The van der Waals surface area contributed by atoms with Gasteiger partial charge >= 0.3 is 26.8 Å². The Labute approximate surface area is 341 Å². The zero-order chi connectivity index (χ0) is 44.7. The van der Waals surface area contributed by atoms with Crippen LogP contribution in [0.3, 0.4) is 0 Å². The molecule has 0 aliphatic carbocycles. The lowest BCUT2D eigenvalue weighted by Gasteiger charge is -2.13. The first-order valence-corrected chi connectivity index (χ1v) is 23.5. The van der Waals surface area contributed by atoms with Crippen molar-refractivity contribution in [3.63, 3.8) is 0 Å². The van der Waals surface area contributed by atoms with Crippen molar-refractivity contribution in [2.45, 2.75) is 14.7 Å². The zero-order valence-electron chi connectivity index (χ0n) is 30.1. The molecule has 29 heteroatoms. The summed E-state index contributed by atoms with van der Waals surface area (Å²) in [6, 6.07) is 14.0. The van der Waals surface area contributed by atoms with Gasteiger partial charge in [-0.25, -0.2) is 38.4 Å². The molecule has 0 aliphatic heterocycles. The fourth-order valence-corrected chi connectivity index (χ4v) is 8.36. The molecule has 0 unspecified atom stereocenters. The van der Waals surface area contributed by atoms with E-state index in [4.69, 9.17) is 20.6 Å². The van der Waals surface area contributed by atoms with Gasteiger partial charge in [-0.1, -0.05) is 18.7 Å². The van der Waals surface area contributed by atoms with E-state index in [2.05, 4.69) is 45.6 Å². The first-order chi connectivity index (χ1) is 27.8. The van der Waals surface area contributed by atoms with Crippen LogP contribution >= 0.6 is 0 Å². The number of aromatic carboxylic acids is 1. The molecule has 0 aromatic heterocycles. The van der Waals surface area contributed by atoms with Crippen LogP contribution in [-0.4, -0.2) is 87.0 Å². The maximum Gasteiger partial charge on any atom is 0.397 e. The molecule has 4 rings (SSSR count). The summed E-state index contributed by atoms with van der Waals surface area (Å²) in [7, 11) is -22.2. The lowest BCUT2D eigenvalue weighted by molar-refractivity contribution is 0.0698. The summed E-state index contributed by atoms with van der Waals surface area (Å²) in [6.45, 7) is 1.39. The molecule has 0 atom stereocenters. The molecule has 24 nitrogen and oxygen atoms in total. The van der Waals surface area contributed by atoms with E-state index in [-0.39, 0.29) is 26.9 Å². The Morgan fingerprint density at radius 2 is 0.983 bits per heavy atom. The minimum Gasteiger partial charge on any atom is -0.478 e. The predicted octanol–water partition coefficient (Wildman–Crippen LogP) is 4.90. The minimum atomic E-state index is -4.94. The monoisotopic (exact) mass is 930 g/mol. The van der Waals surface area contributed by atoms with Gasteiger partial charge in [0.1, 0.15) is 22.6 Å². The van der Waals surface area contributed by atoms with Gasteiger partial charge in [-0.2, -0.15) is 32.2 Å². The van der Waals surface area contributed by atoms with Gasteiger partial charge in [-0.15, -0.1) is 15.3 Å². The summed E-state index contributed by atoms with van der Waals surface area (Å²) >= 11 is 0. The summed E-state index contributed by atoms with van der Waals surface area (Å²) in [5.41, 5.74) is 8.52. The molecule has 0 saturated carbocycles. The molecular weight excluding hydrogens is 901 g/mol. The topological polar surface area (TPSA) is 393 Å². The number of benzene rings is 4. The third-order valence-electron chi connectivity index (χ3n) is 7.41. The number of anilines is 2. The predicted molar refractivity (Wildman–Crippen MR) is 211 cm³/mol. The van der Waals surface area contributed by atoms with E-state index in [1.807, 2.05) is 0 Å². The van der Waals surface area contributed by atoms with Gasteiger partial charge < -0.3 is 16.6 Å². The van der Waals surface area contributed by atoms with Crippen molar-refractivity contribution in [3.8, 4) is 0 Å². The molecule has 0 fully saturated rings. The number of azo groups is 3. The van der Waals surface area contributed by atoms with E-state index in [0.717, 1.165) is 29.7 Å². The van der Waals surface area contributed by atoms with Crippen LogP contribution in [0.25, 0.3) is 0 Å². The quantitative estimate of drug-likeness (QED) is 0.0474. The van der Waals surface area contributed by atoms with Crippen molar-refractivity contribution in [3.05, 3.63) is 90.3 Å². The molecule has 0 radical (unpaired) electrons. The Morgan fingerprint density at radius 1 is 0.583 bits per heavy atom. The van der Waals surface area contributed by atoms with Crippen LogP contribution in [0.4, 0.5) is 45.5 Å². The standard InChI is InChI=1S/C31H30N8O16S5/c1-2-56(42,43)22-11-9-19(10-12-22)34-37-28-25(31(40)41)29(38-35-20-5-3-7-23(17-20)57(44,45)15-13-54-59(48,49)50)27(33)30(26(28)32)39-36-21-6-4-8-24(18-21)58(46,47)16-14-55-60(51,52)53/h2-12,17-18H,1,13-16,32-33H2,(H,40,41)(H,48,49,50)(H,51,52,53). The van der Waals surface area contributed by atoms with Gasteiger partial charge in [0, 0.05) is 5.41 Å². The van der Waals surface area contributed by atoms with E-state index < -0.39 is 120 Å². The van der Waals surface area contributed by atoms with E-state index in [0.29, 0.717) is 0 Å². The number of nitrogens with two attached hydrogens (primary N) is 2. The first-order valence-electron chi connectivity index (χ1n) is 15.9. The zero-order valence-corrected chi connectivity index (χ0v) is 34.2. The number of nitrogens with zero attached hydrogens (tertiary/aromatic N) is 6. The number of sulfone groups is 3. The second-order valence-electron chi connectivity index (χ2n) is 11.5. The van der Waals surface area contributed by atoms with E-state index >= 15 is 0 Å². The van der Waals surface area contributed by atoms with Crippen molar-refractivity contribution in [1.82, 2.24) is 0 Å². The fourth-order valence-electron chi connectivity index (χ4n) is 4.60. The fraction of sp³-hybridized carbons (Fsp3) is 0.129. The third kappa shape index (κ3) is 12.5. The molecule has 320 valence electrons. The number of nitrogen functional groups attached to an aromatic ring is 2. The third-order valence-corrected chi connectivity index (χ3v) is 13.1. The van der Waals surface area contributed by atoms with Crippen molar-refractivity contribution in [1.29, 1.82) is 0 Å². The summed E-state index contributed by atoms with van der Waals surface area (Å²) in [5.74, 6) is -3.51. The number of hydrogen-bond acceptors (Lipinski definition) is 21. The maximum absolute atomic E-state index is 12.8. The first kappa shape index (κ1) is 46.8. The second kappa shape index (κ2) is 18.6. The Kier molecular flexibility index (Phi) is 14.5. The molecule has 60 heavy (non-hydrogen) atoms. The summed E-state index contributed by atoms with van der Waals surface area (Å²) in [6.07, 6.45) is 0. The van der Waals surface area contributed by atoms with Gasteiger partial charge in [-0.3, -0.25) is 9.11 Å². The summed E-state index contributed by atoms with van der Waals surface area (Å²) < 4.78 is 144. The molecule has 0 aliphatic rings. The van der Waals surface area contributed by atoms with Gasteiger partial charge in [0.05, 0.1) is 67.8 Å². The average Bonchev–Trinajstić information content (AvgIpc) is 3.16. The average molecular weight is 931 g/mol. The highest BCUT2D eigenvalue weighted by Crippen LogP contribution is 2.49. The van der Waals surface area contributed by atoms with E-state index in [1.165, 1.54) is 48.5 Å². The molecule has 7 N–H and O–H groups in total. The van der Waals surface area contributed by atoms with Crippen LogP contribution in [-0.2, 0) is 58.7 Å². The molecular formula is C31H30N8O16S5. The highest BCUT2D eigenvalue weighted by Gasteiger charge is 2.27. The highest BCUT2D eigenvalue weighted by molar-refractivity contribution is 7.94. The van der Waals surface area contributed by atoms with E-state index in [1.54, 1.807) is 0 Å². The lowest BCUT2D eigenvalue weighted by Crippen LogP contribution is -2.15. The Bertz CT molecular complexity index is 2990. The van der Waals surface area contributed by atoms with Crippen LogP contribution in [0.2, 0.25) is 0 Å². The number of carboxylic acids is 1. The van der Waals surface area contributed by atoms with Crippen LogP contribution in [0, 0.1) is 0 Å². The molecule has 0 saturated heterocycles. The smallest absolute Gasteiger partial charge is 0.397 e. The number of carboxylic acid groups (broad SMARTS) is 1. The van der Waals surface area contributed by atoms with Crippen molar-refractivity contribution >= 4 is 102 Å². The van der Waals surface area contributed by atoms with Gasteiger partial charge in [0.15, 0.2) is 29.5 Å². The maximum atomic E-state index is 12.8. The lowest BCUT2D eigenvalue weighted by atomic mass is 10.1. The molecule has 0 amide bonds. The van der Waals surface area contributed by atoms with Crippen LogP contribution in [0.5, 0.6) is 0 Å². The Hall–Kier alpha value is -5.92. The largest absolute Gasteiger partial charge is 0.478 e. The summed E-state index contributed by atoms with van der Waals surface area (Å²) in [4.78, 5) is 11.8. The number of hydrogen-bond donors (Lipinski definition) is 5. The van der Waals surface area contributed by atoms with Crippen molar-refractivity contribution < 1.29 is 69.5 Å². The molecule has 0 spiro atoms. The molecule has 4 aromatic carbocycles. The van der Waals surface area contributed by atoms with Gasteiger partial charge in [0.25, 0.3) is 0 Å². The Morgan fingerprint density at radius 3 is 1.37 bits per heavy atom. The highest BCUT2D eigenvalue weighted by atomic mass is 32.3. The Balaban J connectivity index is 1.85. The van der Waals surface area contributed by atoms with E-state index in [9.17, 15) is 52.0 Å². The molecule has 0 heterocycles. The normalized spacial score (nSPS) is 13.0.